The molecule has 0 aliphatic rings. The van der Waals surface area contributed by atoms with Gasteiger partial charge in [0.05, 0.1) is 21.8 Å². The van der Waals surface area contributed by atoms with Crippen molar-refractivity contribution in [3.8, 4) is 17.1 Å². The van der Waals surface area contributed by atoms with Crippen molar-refractivity contribution in [2.75, 3.05) is 5.32 Å². The van der Waals surface area contributed by atoms with Crippen LogP contribution in [0.4, 0.5) is 27.6 Å². The minimum absolute atomic E-state index is 0.0249. The molecule has 1 amide bonds. The standard InChI is InChI=1S/C17H13ClF2N4O2.C3H5F3/c1-8-21-16(23-24(8)2)9-7-14(25)10(6-13(9)20)17(26)22-15-11(18)4-3-5-12(15)19;1-2-3(4,5)6/h3-7,25H,1-2H3,(H,22,26);2H2,1H3. The minimum atomic E-state index is -3.96. The van der Waals surface area contributed by atoms with Crippen LogP contribution in [0.25, 0.3) is 11.4 Å². The molecule has 0 fully saturated rings. The molecular weight excluding hydrogens is 459 g/mol. The van der Waals surface area contributed by atoms with Gasteiger partial charge in [-0.2, -0.15) is 18.3 Å². The normalized spacial score (nSPS) is 11.0. The smallest absolute Gasteiger partial charge is 0.388 e. The molecule has 0 spiro atoms. The molecule has 0 saturated heterocycles. The molecule has 2 N–H and O–H groups in total. The third-order valence-corrected chi connectivity index (χ3v) is 4.47. The first-order valence-corrected chi connectivity index (χ1v) is 9.44. The van der Waals surface area contributed by atoms with E-state index in [1.54, 1.807) is 14.0 Å². The van der Waals surface area contributed by atoms with Crippen LogP contribution in [0.5, 0.6) is 5.75 Å². The lowest BCUT2D eigenvalue weighted by molar-refractivity contribution is -0.130. The predicted molar refractivity (Wildman–Crippen MR) is 109 cm³/mol. The quantitative estimate of drug-likeness (QED) is 0.479. The van der Waals surface area contributed by atoms with Gasteiger partial charge >= 0.3 is 6.18 Å². The van der Waals surface area contributed by atoms with Crippen LogP contribution in [0.1, 0.15) is 29.5 Å². The largest absolute Gasteiger partial charge is 0.507 e. The number of phenols is 1. The first-order valence-electron chi connectivity index (χ1n) is 9.06. The van der Waals surface area contributed by atoms with E-state index in [2.05, 4.69) is 15.4 Å². The Kier molecular flexibility index (Phi) is 7.78. The highest BCUT2D eigenvalue weighted by molar-refractivity contribution is 6.34. The maximum Gasteiger partial charge on any atom is 0.388 e. The van der Waals surface area contributed by atoms with Crippen molar-refractivity contribution in [1.29, 1.82) is 0 Å². The molecular formula is C20H18ClF5N4O2. The number of nitrogens with zero attached hydrogens (tertiary/aromatic N) is 3. The van der Waals surface area contributed by atoms with Crippen molar-refractivity contribution in [2.45, 2.75) is 26.4 Å². The van der Waals surface area contributed by atoms with Gasteiger partial charge in [-0.1, -0.05) is 24.6 Å². The Morgan fingerprint density at radius 3 is 2.34 bits per heavy atom. The van der Waals surface area contributed by atoms with Gasteiger partial charge in [0.15, 0.2) is 5.82 Å². The number of phenolic OH excluding ortho intramolecular Hbond substituents is 1. The van der Waals surface area contributed by atoms with E-state index < -0.39 is 35.9 Å². The molecule has 0 radical (unpaired) electrons. The van der Waals surface area contributed by atoms with E-state index in [9.17, 15) is 31.9 Å². The second-order valence-corrected chi connectivity index (χ2v) is 6.88. The topological polar surface area (TPSA) is 80.0 Å². The van der Waals surface area contributed by atoms with E-state index in [0.29, 0.717) is 5.82 Å². The lowest BCUT2D eigenvalue weighted by Gasteiger charge is -2.10. The number of aromatic nitrogens is 3. The molecule has 12 heteroatoms. The Hall–Kier alpha value is -3.21. The summed E-state index contributed by atoms with van der Waals surface area (Å²) in [5.41, 5.74) is -0.699. The number of alkyl halides is 3. The first kappa shape index (κ1) is 25.1. The monoisotopic (exact) mass is 476 g/mol. The maximum atomic E-state index is 14.4. The molecule has 2 aromatic carbocycles. The van der Waals surface area contributed by atoms with Crippen LogP contribution in [0.15, 0.2) is 30.3 Å². The Bertz CT molecular complexity index is 1090. The number of halogens is 6. The van der Waals surface area contributed by atoms with Gasteiger partial charge in [0.25, 0.3) is 5.91 Å². The van der Waals surface area contributed by atoms with Gasteiger partial charge in [-0.25, -0.2) is 13.8 Å². The number of aromatic hydroxyl groups is 1. The van der Waals surface area contributed by atoms with Crippen LogP contribution in [-0.2, 0) is 7.05 Å². The van der Waals surface area contributed by atoms with Gasteiger partial charge in [0.1, 0.15) is 23.2 Å². The summed E-state index contributed by atoms with van der Waals surface area (Å²) in [6, 6.07) is 5.75. The van der Waals surface area contributed by atoms with Crippen molar-refractivity contribution in [3.63, 3.8) is 0 Å². The van der Waals surface area contributed by atoms with Gasteiger partial charge in [0.2, 0.25) is 0 Å². The average Bonchev–Trinajstić information content (AvgIpc) is 3.04. The van der Waals surface area contributed by atoms with Gasteiger partial charge in [0, 0.05) is 13.5 Å². The van der Waals surface area contributed by atoms with Crippen LogP contribution in [0.3, 0.4) is 0 Å². The van der Waals surface area contributed by atoms with Crippen molar-refractivity contribution < 1.29 is 31.9 Å². The molecule has 0 unspecified atom stereocenters. The molecule has 1 aromatic heterocycles. The summed E-state index contributed by atoms with van der Waals surface area (Å²) >= 11 is 5.84. The SMILES string of the molecule is CCC(F)(F)F.Cc1nc(-c2cc(O)c(C(=O)Nc3c(F)cccc3Cl)cc2F)nn1C. The van der Waals surface area contributed by atoms with E-state index in [1.165, 1.54) is 16.8 Å². The summed E-state index contributed by atoms with van der Waals surface area (Å²) in [6.07, 6.45) is -4.69. The van der Waals surface area contributed by atoms with Gasteiger partial charge < -0.3 is 10.4 Å². The van der Waals surface area contributed by atoms with Crippen LogP contribution in [-0.4, -0.2) is 32.0 Å². The summed E-state index contributed by atoms with van der Waals surface area (Å²) in [7, 11) is 1.64. The second kappa shape index (κ2) is 9.94. The second-order valence-electron chi connectivity index (χ2n) is 6.47. The molecule has 6 nitrogen and oxygen atoms in total. The molecule has 3 aromatic rings. The van der Waals surface area contributed by atoms with E-state index in [0.717, 1.165) is 25.1 Å². The number of benzene rings is 2. The molecule has 0 bridgehead atoms. The van der Waals surface area contributed by atoms with Crippen molar-refractivity contribution in [1.82, 2.24) is 14.8 Å². The molecule has 172 valence electrons. The Balaban J connectivity index is 0.000000534. The highest BCUT2D eigenvalue weighted by Crippen LogP contribution is 2.30. The number of rotatable bonds is 3. The Morgan fingerprint density at radius 2 is 1.84 bits per heavy atom. The van der Waals surface area contributed by atoms with E-state index in [-0.39, 0.29) is 27.7 Å². The number of hydrogen-bond donors (Lipinski definition) is 2. The van der Waals surface area contributed by atoms with Crippen molar-refractivity contribution in [2.24, 2.45) is 7.05 Å². The number of amides is 1. The van der Waals surface area contributed by atoms with Crippen LogP contribution < -0.4 is 5.32 Å². The maximum absolute atomic E-state index is 14.4. The fourth-order valence-electron chi connectivity index (χ4n) is 2.29. The highest BCUT2D eigenvalue weighted by Gasteiger charge is 2.23. The van der Waals surface area contributed by atoms with Crippen LogP contribution in [0.2, 0.25) is 5.02 Å². The first-order chi connectivity index (χ1) is 14.8. The minimum Gasteiger partial charge on any atom is -0.507 e. The van der Waals surface area contributed by atoms with Crippen LogP contribution >= 0.6 is 11.6 Å². The number of anilines is 1. The van der Waals surface area contributed by atoms with Crippen molar-refractivity contribution >= 4 is 23.2 Å². The average molecular weight is 477 g/mol. The Labute approximate surface area is 184 Å². The lowest BCUT2D eigenvalue weighted by Crippen LogP contribution is -2.14. The highest BCUT2D eigenvalue weighted by atomic mass is 35.5. The fraction of sp³-hybridized carbons (Fsp3) is 0.250. The van der Waals surface area contributed by atoms with Crippen LogP contribution in [0, 0.1) is 18.6 Å². The van der Waals surface area contributed by atoms with E-state index >= 15 is 0 Å². The molecule has 0 atom stereocenters. The molecule has 32 heavy (non-hydrogen) atoms. The third-order valence-electron chi connectivity index (χ3n) is 4.15. The van der Waals surface area contributed by atoms with Gasteiger partial charge in [-0.15, -0.1) is 0 Å². The number of carbonyl (C=O) groups excluding carboxylic acids is 1. The summed E-state index contributed by atoms with van der Waals surface area (Å²) < 4.78 is 62.0. The van der Waals surface area contributed by atoms with Gasteiger partial charge in [-0.3, -0.25) is 9.48 Å². The molecule has 1 heterocycles. The summed E-state index contributed by atoms with van der Waals surface area (Å²) in [5, 5.41) is 16.4. The zero-order valence-electron chi connectivity index (χ0n) is 17.1. The number of nitrogens with one attached hydrogen (secondary N) is 1. The van der Waals surface area contributed by atoms with E-state index in [4.69, 9.17) is 11.6 Å². The number of aryl methyl sites for hydroxylation is 2. The third kappa shape index (κ3) is 6.16. The molecule has 0 aliphatic heterocycles. The molecule has 0 saturated carbocycles. The van der Waals surface area contributed by atoms with E-state index in [1.807, 2.05) is 0 Å². The number of carbonyl (C=O) groups is 1. The predicted octanol–water partition coefficient (Wildman–Crippen LogP) is 5.64. The summed E-state index contributed by atoms with van der Waals surface area (Å²) in [5.74, 6) is -2.35. The molecule has 3 rings (SSSR count). The van der Waals surface area contributed by atoms with Crippen molar-refractivity contribution in [3.05, 3.63) is 58.4 Å². The Morgan fingerprint density at radius 1 is 1.22 bits per heavy atom. The number of para-hydroxylation sites is 1. The summed E-state index contributed by atoms with van der Waals surface area (Å²) in [4.78, 5) is 16.4. The molecule has 0 aliphatic carbocycles. The fourth-order valence-corrected chi connectivity index (χ4v) is 2.50. The lowest BCUT2D eigenvalue weighted by atomic mass is 10.1. The zero-order chi connectivity index (χ0) is 24.2. The summed E-state index contributed by atoms with van der Waals surface area (Å²) in [6.45, 7) is 2.77. The zero-order valence-corrected chi connectivity index (χ0v) is 17.8. The number of hydrogen-bond acceptors (Lipinski definition) is 4. The van der Waals surface area contributed by atoms with Gasteiger partial charge in [-0.05, 0) is 31.2 Å².